The lowest BCUT2D eigenvalue weighted by Gasteiger charge is -2.36. The minimum atomic E-state index is -0.417. The zero-order valence-electron chi connectivity index (χ0n) is 19.4. The second-order valence-corrected chi connectivity index (χ2v) is 8.78. The highest BCUT2D eigenvalue weighted by atomic mass is 16.2. The van der Waals surface area contributed by atoms with E-state index in [0.717, 1.165) is 49.2 Å². The van der Waals surface area contributed by atoms with Crippen LogP contribution in [0.3, 0.4) is 0 Å². The van der Waals surface area contributed by atoms with E-state index in [2.05, 4.69) is 34.5 Å². The van der Waals surface area contributed by atoms with Crippen LogP contribution < -0.4 is 5.32 Å². The fourth-order valence-electron chi connectivity index (χ4n) is 4.16. The number of piperazine rings is 1. The van der Waals surface area contributed by atoms with Gasteiger partial charge in [-0.05, 0) is 42.4 Å². The SMILES string of the molecule is CC(C(=O)Nc1ccc2ccccc2c1)N(C)CC(=O)N1CCN(Cc2ccccc2)CC1. The third-order valence-corrected chi connectivity index (χ3v) is 6.42. The van der Waals surface area contributed by atoms with Gasteiger partial charge >= 0.3 is 0 Å². The zero-order valence-corrected chi connectivity index (χ0v) is 19.4. The molecule has 0 saturated carbocycles. The molecule has 0 bridgehead atoms. The molecule has 0 spiro atoms. The Morgan fingerprint density at radius 3 is 2.30 bits per heavy atom. The van der Waals surface area contributed by atoms with E-state index in [9.17, 15) is 9.59 Å². The van der Waals surface area contributed by atoms with Gasteiger partial charge in [0, 0.05) is 38.4 Å². The van der Waals surface area contributed by atoms with Gasteiger partial charge in [0.25, 0.3) is 0 Å². The Morgan fingerprint density at radius 2 is 1.58 bits per heavy atom. The smallest absolute Gasteiger partial charge is 0.241 e. The molecule has 0 radical (unpaired) electrons. The van der Waals surface area contributed by atoms with Crippen molar-refractivity contribution >= 4 is 28.3 Å². The number of nitrogens with zero attached hydrogens (tertiary/aromatic N) is 3. The van der Waals surface area contributed by atoms with E-state index in [1.807, 2.05) is 72.3 Å². The van der Waals surface area contributed by atoms with Gasteiger partial charge in [0.05, 0.1) is 12.6 Å². The van der Waals surface area contributed by atoms with Crippen molar-refractivity contribution in [3.63, 3.8) is 0 Å². The van der Waals surface area contributed by atoms with E-state index in [4.69, 9.17) is 0 Å². The number of benzene rings is 3. The second-order valence-electron chi connectivity index (χ2n) is 8.78. The van der Waals surface area contributed by atoms with Crippen LogP contribution in [0.4, 0.5) is 5.69 Å². The summed E-state index contributed by atoms with van der Waals surface area (Å²) < 4.78 is 0. The summed E-state index contributed by atoms with van der Waals surface area (Å²) in [7, 11) is 1.83. The second kappa shape index (κ2) is 10.6. The van der Waals surface area contributed by atoms with E-state index >= 15 is 0 Å². The molecule has 172 valence electrons. The lowest BCUT2D eigenvalue weighted by molar-refractivity contribution is -0.135. The number of rotatable bonds is 7. The minimum Gasteiger partial charge on any atom is -0.339 e. The monoisotopic (exact) mass is 444 g/mol. The number of hydrogen-bond acceptors (Lipinski definition) is 4. The van der Waals surface area contributed by atoms with Crippen LogP contribution in [0.2, 0.25) is 0 Å². The number of likely N-dealkylation sites (N-methyl/N-ethyl adjacent to an activating group) is 1. The van der Waals surface area contributed by atoms with E-state index in [1.165, 1.54) is 5.56 Å². The number of anilines is 1. The molecule has 1 heterocycles. The highest BCUT2D eigenvalue weighted by molar-refractivity contribution is 5.97. The Labute approximate surface area is 195 Å². The molecule has 1 aliphatic rings. The van der Waals surface area contributed by atoms with Crippen molar-refractivity contribution < 1.29 is 9.59 Å². The van der Waals surface area contributed by atoms with Crippen LogP contribution in [0.5, 0.6) is 0 Å². The standard InChI is InChI=1S/C27H32N4O2/c1-21(27(33)28-25-13-12-23-10-6-7-11-24(23)18-25)29(2)20-26(32)31-16-14-30(15-17-31)19-22-8-4-3-5-9-22/h3-13,18,21H,14-17,19-20H2,1-2H3,(H,28,33). The first-order chi connectivity index (χ1) is 16.0. The zero-order chi connectivity index (χ0) is 23.2. The molecule has 4 rings (SSSR count). The van der Waals surface area contributed by atoms with Crippen molar-refractivity contribution in [1.29, 1.82) is 0 Å². The summed E-state index contributed by atoms with van der Waals surface area (Å²) in [4.78, 5) is 31.7. The molecule has 2 amide bonds. The van der Waals surface area contributed by atoms with Crippen LogP contribution in [-0.4, -0.2) is 72.3 Å². The summed E-state index contributed by atoms with van der Waals surface area (Å²) >= 11 is 0. The maximum atomic E-state index is 12.8. The quantitative estimate of drug-likeness (QED) is 0.607. The molecule has 1 unspecified atom stereocenters. The predicted molar refractivity (Wildman–Crippen MR) is 133 cm³/mol. The lowest BCUT2D eigenvalue weighted by Crippen LogP contribution is -2.52. The molecular weight excluding hydrogens is 412 g/mol. The average Bonchev–Trinajstić information content (AvgIpc) is 2.84. The Kier molecular flexibility index (Phi) is 7.37. The normalized spacial score (nSPS) is 15.5. The minimum absolute atomic E-state index is 0.0715. The Morgan fingerprint density at radius 1 is 0.909 bits per heavy atom. The topological polar surface area (TPSA) is 55.9 Å². The molecule has 1 atom stereocenters. The van der Waals surface area contributed by atoms with Gasteiger partial charge in [-0.2, -0.15) is 0 Å². The average molecular weight is 445 g/mol. The Balaban J connectivity index is 1.25. The maximum absolute atomic E-state index is 12.8. The molecular formula is C27H32N4O2. The molecule has 1 fully saturated rings. The number of nitrogens with one attached hydrogen (secondary N) is 1. The molecule has 3 aromatic rings. The van der Waals surface area contributed by atoms with Gasteiger partial charge in [0.1, 0.15) is 0 Å². The van der Waals surface area contributed by atoms with Crippen LogP contribution in [-0.2, 0) is 16.1 Å². The van der Waals surface area contributed by atoms with Gasteiger partial charge < -0.3 is 10.2 Å². The number of carbonyl (C=O) groups excluding carboxylic acids is 2. The Bertz CT molecular complexity index is 1090. The number of carbonyl (C=O) groups is 2. The molecule has 6 nitrogen and oxygen atoms in total. The fourth-order valence-corrected chi connectivity index (χ4v) is 4.16. The number of hydrogen-bond donors (Lipinski definition) is 1. The van der Waals surface area contributed by atoms with Crippen molar-refractivity contribution in [1.82, 2.24) is 14.7 Å². The van der Waals surface area contributed by atoms with Gasteiger partial charge in [-0.25, -0.2) is 0 Å². The highest BCUT2D eigenvalue weighted by Crippen LogP contribution is 2.19. The largest absolute Gasteiger partial charge is 0.339 e. The molecule has 0 aliphatic carbocycles. The Hall–Kier alpha value is -3.22. The third-order valence-electron chi connectivity index (χ3n) is 6.42. The number of amides is 2. The van der Waals surface area contributed by atoms with Gasteiger partial charge in [-0.15, -0.1) is 0 Å². The maximum Gasteiger partial charge on any atom is 0.241 e. The highest BCUT2D eigenvalue weighted by Gasteiger charge is 2.25. The summed E-state index contributed by atoms with van der Waals surface area (Å²) in [6, 6.07) is 23.9. The van der Waals surface area contributed by atoms with Crippen molar-refractivity contribution in [3.8, 4) is 0 Å². The van der Waals surface area contributed by atoms with Crippen molar-refractivity contribution in [2.45, 2.75) is 19.5 Å². The third kappa shape index (κ3) is 5.97. The summed E-state index contributed by atoms with van der Waals surface area (Å²) in [6.07, 6.45) is 0. The van der Waals surface area contributed by atoms with Gasteiger partial charge in [0.15, 0.2) is 0 Å². The summed E-state index contributed by atoms with van der Waals surface area (Å²) in [6.45, 7) is 6.14. The molecule has 0 aromatic heterocycles. The van der Waals surface area contributed by atoms with E-state index in [1.54, 1.807) is 0 Å². The first kappa shape index (κ1) is 23.0. The van der Waals surface area contributed by atoms with Crippen molar-refractivity contribution in [2.24, 2.45) is 0 Å². The predicted octanol–water partition coefficient (Wildman–Crippen LogP) is 3.44. The van der Waals surface area contributed by atoms with Gasteiger partial charge in [-0.1, -0.05) is 60.7 Å². The molecule has 1 saturated heterocycles. The van der Waals surface area contributed by atoms with E-state index in [-0.39, 0.29) is 18.4 Å². The van der Waals surface area contributed by atoms with Crippen molar-refractivity contribution in [2.75, 3.05) is 45.1 Å². The van der Waals surface area contributed by atoms with Gasteiger partial charge in [-0.3, -0.25) is 19.4 Å². The molecule has 1 N–H and O–H groups in total. The first-order valence-corrected chi connectivity index (χ1v) is 11.5. The number of fused-ring (bicyclic) bond motifs is 1. The lowest BCUT2D eigenvalue weighted by atomic mass is 10.1. The van der Waals surface area contributed by atoms with Crippen LogP contribution in [0.25, 0.3) is 10.8 Å². The van der Waals surface area contributed by atoms with Crippen LogP contribution in [0.1, 0.15) is 12.5 Å². The summed E-state index contributed by atoms with van der Waals surface area (Å²) in [5, 5.41) is 5.20. The molecule has 33 heavy (non-hydrogen) atoms. The van der Waals surface area contributed by atoms with E-state index < -0.39 is 6.04 Å². The molecule has 3 aromatic carbocycles. The van der Waals surface area contributed by atoms with Crippen LogP contribution >= 0.6 is 0 Å². The van der Waals surface area contributed by atoms with Crippen LogP contribution in [0.15, 0.2) is 72.8 Å². The summed E-state index contributed by atoms with van der Waals surface area (Å²) in [5.41, 5.74) is 2.06. The first-order valence-electron chi connectivity index (χ1n) is 11.5. The molecule has 1 aliphatic heterocycles. The summed E-state index contributed by atoms with van der Waals surface area (Å²) in [5.74, 6) is -0.0459. The fraction of sp³-hybridized carbons (Fsp3) is 0.333. The van der Waals surface area contributed by atoms with Gasteiger partial charge in [0.2, 0.25) is 11.8 Å². The van der Waals surface area contributed by atoms with E-state index in [0.29, 0.717) is 0 Å². The van der Waals surface area contributed by atoms with Crippen molar-refractivity contribution in [3.05, 3.63) is 78.4 Å². The van der Waals surface area contributed by atoms with Crippen LogP contribution in [0, 0.1) is 0 Å². The molecule has 6 heteroatoms.